The second-order valence-electron chi connectivity index (χ2n) is 6.70. The van der Waals surface area contributed by atoms with E-state index < -0.39 is 17.3 Å². The van der Waals surface area contributed by atoms with Gasteiger partial charge in [-0.05, 0) is 62.6 Å². The summed E-state index contributed by atoms with van der Waals surface area (Å²) in [6.07, 6.45) is 0. The fourth-order valence-corrected chi connectivity index (χ4v) is 2.76. The number of hydrogen-bond donors (Lipinski definition) is 1. The minimum absolute atomic E-state index is 0.0151. The zero-order chi connectivity index (χ0) is 21.7. The van der Waals surface area contributed by atoms with Crippen LogP contribution in [0.25, 0.3) is 5.69 Å². The number of carbonyl (C=O) groups is 1. The van der Waals surface area contributed by atoms with Gasteiger partial charge in [0.05, 0.1) is 10.7 Å². The van der Waals surface area contributed by atoms with E-state index in [-0.39, 0.29) is 5.69 Å². The number of amides is 1. The lowest BCUT2D eigenvalue weighted by molar-refractivity contribution is 0.102. The van der Waals surface area contributed by atoms with Crippen LogP contribution in [-0.2, 0) is 0 Å². The molecule has 0 fully saturated rings. The third-order valence-corrected chi connectivity index (χ3v) is 4.39. The Morgan fingerprint density at radius 3 is 2.57 bits per heavy atom. The number of likely N-dealkylation sites (N-methyl/N-ethyl adjacent to an activating group) is 1. The summed E-state index contributed by atoms with van der Waals surface area (Å²) >= 11 is 6.23. The Balaban J connectivity index is 1.74. The molecule has 0 saturated heterocycles. The SMILES string of the molecule is CN(C)CCOc1ccc(NC(=O)c2ccc(=O)n(-c3ccc(F)cc3)n2)cc1Cl. The molecule has 1 aromatic heterocycles. The van der Waals surface area contributed by atoms with Crippen molar-refractivity contribution in [2.75, 3.05) is 32.6 Å². The van der Waals surface area contributed by atoms with Gasteiger partial charge in [-0.2, -0.15) is 9.78 Å². The monoisotopic (exact) mass is 430 g/mol. The molecule has 9 heteroatoms. The quantitative estimate of drug-likeness (QED) is 0.622. The van der Waals surface area contributed by atoms with E-state index in [1.807, 2.05) is 19.0 Å². The number of anilines is 1. The standard InChI is InChI=1S/C21H20ClFN4O3/c1-26(2)11-12-30-19-9-5-15(13-17(19)22)24-21(29)18-8-10-20(28)27(25-18)16-6-3-14(23)4-7-16/h3-10,13H,11-12H2,1-2H3,(H,24,29). The van der Waals surface area contributed by atoms with Crippen LogP contribution in [-0.4, -0.2) is 47.8 Å². The number of hydrogen-bond acceptors (Lipinski definition) is 5. The van der Waals surface area contributed by atoms with Crippen LogP contribution in [0.2, 0.25) is 5.02 Å². The molecule has 3 rings (SSSR count). The molecular weight excluding hydrogens is 411 g/mol. The lowest BCUT2D eigenvalue weighted by Crippen LogP contribution is -2.24. The fourth-order valence-electron chi connectivity index (χ4n) is 2.53. The van der Waals surface area contributed by atoms with Gasteiger partial charge in [0.1, 0.15) is 23.9 Å². The van der Waals surface area contributed by atoms with Crippen molar-refractivity contribution >= 4 is 23.2 Å². The first-order valence-electron chi connectivity index (χ1n) is 9.08. The highest BCUT2D eigenvalue weighted by Gasteiger charge is 2.12. The van der Waals surface area contributed by atoms with Gasteiger partial charge in [0, 0.05) is 18.3 Å². The minimum atomic E-state index is -0.525. The smallest absolute Gasteiger partial charge is 0.276 e. The van der Waals surface area contributed by atoms with Gasteiger partial charge in [0.15, 0.2) is 0 Å². The van der Waals surface area contributed by atoms with Crippen LogP contribution < -0.4 is 15.6 Å². The molecule has 0 bridgehead atoms. The van der Waals surface area contributed by atoms with Crippen LogP contribution in [0.1, 0.15) is 10.5 Å². The highest BCUT2D eigenvalue weighted by atomic mass is 35.5. The molecule has 1 heterocycles. The lowest BCUT2D eigenvalue weighted by Gasteiger charge is -2.13. The van der Waals surface area contributed by atoms with Crippen molar-refractivity contribution in [3.63, 3.8) is 0 Å². The summed E-state index contributed by atoms with van der Waals surface area (Å²) in [5.41, 5.74) is 0.367. The predicted octanol–water partition coefficient (Wildman–Crippen LogP) is 3.22. The molecule has 0 unspecified atom stereocenters. The van der Waals surface area contributed by atoms with Gasteiger partial charge in [0.2, 0.25) is 0 Å². The lowest BCUT2D eigenvalue weighted by atomic mass is 10.2. The highest BCUT2D eigenvalue weighted by Crippen LogP contribution is 2.27. The zero-order valence-corrected chi connectivity index (χ0v) is 17.2. The molecule has 0 aliphatic heterocycles. The molecule has 0 aliphatic carbocycles. The van der Waals surface area contributed by atoms with Gasteiger partial charge in [-0.3, -0.25) is 9.59 Å². The predicted molar refractivity (Wildman–Crippen MR) is 113 cm³/mol. The van der Waals surface area contributed by atoms with Crippen molar-refractivity contribution in [1.29, 1.82) is 0 Å². The van der Waals surface area contributed by atoms with Gasteiger partial charge in [-0.1, -0.05) is 11.6 Å². The summed E-state index contributed by atoms with van der Waals surface area (Å²) in [6, 6.07) is 12.7. The maximum atomic E-state index is 13.1. The number of aromatic nitrogens is 2. The number of benzene rings is 2. The molecule has 0 saturated carbocycles. The van der Waals surface area contributed by atoms with Crippen molar-refractivity contribution in [2.45, 2.75) is 0 Å². The van der Waals surface area contributed by atoms with Crippen LogP contribution in [0.3, 0.4) is 0 Å². The molecule has 2 aromatic carbocycles. The van der Waals surface area contributed by atoms with Crippen LogP contribution >= 0.6 is 11.6 Å². The topological polar surface area (TPSA) is 76.5 Å². The van der Waals surface area contributed by atoms with Crippen molar-refractivity contribution in [1.82, 2.24) is 14.7 Å². The van der Waals surface area contributed by atoms with Crippen LogP contribution in [0.15, 0.2) is 59.4 Å². The number of ether oxygens (including phenoxy) is 1. The highest BCUT2D eigenvalue weighted by molar-refractivity contribution is 6.32. The van der Waals surface area contributed by atoms with Gasteiger partial charge in [-0.25, -0.2) is 4.39 Å². The molecule has 30 heavy (non-hydrogen) atoms. The summed E-state index contributed by atoms with van der Waals surface area (Å²) in [5.74, 6) is -0.450. The van der Waals surface area contributed by atoms with Crippen molar-refractivity contribution in [3.05, 3.63) is 81.5 Å². The van der Waals surface area contributed by atoms with Crippen LogP contribution in [0, 0.1) is 5.82 Å². The zero-order valence-electron chi connectivity index (χ0n) is 16.4. The Hall–Kier alpha value is -3.23. The second kappa shape index (κ2) is 9.51. The van der Waals surface area contributed by atoms with E-state index in [4.69, 9.17) is 16.3 Å². The van der Waals surface area contributed by atoms with Crippen LogP contribution in [0.5, 0.6) is 5.75 Å². The average molecular weight is 431 g/mol. The van der Waals surface area contributed by atoms with Crippen LogP contribution in [0.4, 0.5) is 10.1 Å². The van der Waals surface area contributed by atoms with E-state index in [1.165, 1.54) is 36.4 Å². The van der Waals surface area contributed by atoms with E-state index >= 15 is 0 Å². The number of carbonyl (C=O) groups excluding carboxylic acids is 1. The Kier molecular flexibility index (Phi) is 6.81. The number of rotatable bonds is 7. The van der Waals surface area contributed by atoms with E-state index in [1.54, 1.807) is 18.2 Å². The van der Waals surface area contributed by atoms with Gasteiger partial charge in [-0.15, -0.1) is 0 Å². The molecule has 0 radical (unpaired) electrons. The Bertz CT molecular complexity index is 1100. The number of nitrogens with zero attached hydrogens (tertiary/aromatic N) is 3. The molecule has 0 aliphatic rings. The molecule has 3 aromatic rings. The van der Waals surface area contributed by atoms with E-state index in [0.717, 1.165) is 11.2 Å². The third-order valence-electron chi connectivity index (χ3n) is 4.09. The summed E-state index contributed by atoms with van der Waals surface area (Å²) in [5, 5.41) is 7.11. The summed E-state index contributed by atoms with van der Waals surface area (Å²) < 4.78 is 19.8. The first kappa shape index (κ1) is 21.5. The van der Waals surface area contributed by atoms with E-state index in [0.29, 0.717) is 28.8 Å². The Labute approximate surface area is 177 Å². The first-order chi connectivity index (χ1) is 14.3. The van der Waals surface area contributed by atoms with Crippen molar-refractivity contribution in [3.8, 4) is 11.4 Å². The maximum absolute atomic E-state index is 13.1. The van der Waals surface area contributed by atoms with Gasteiger partial charge in [0.25, 0.3) is 11.5 Å². The molecular formula is C21H20ClFN4O3. The largest absolute Gasteiger partial charge is 0.491 e. The molecule has 1 N–H and O–H groups in total. The number of halogens is 2. The van der Waals surface area contributed by atoms with E-state index in [9.17, 15) is 14.0 Å². The van der Waals surface area contributed by atoms with Gasteiger partial charge < -0.3 is 15.0 Å². The minimum Gasteiger partial charge on any atom is -0.491 e. The summed E-state index contributed by atoms with van der Waals surface area (Å²) in [4.78, 5) is 26.7. The third kappa shape index (κ3) is 5.43. The molecule has 0 atom stereocenters. The number of nitrogens with one attached hydrogen (secondary N) is 1. The van der Waals surface area contributed by atoms with Crippen molar-refractivity contribution < 1.29 is 13.9 Å². The summed E-state index contributed by atoms with van der Waals surface area (Å²) in [7, 11) is 3.88. The molecule has 0 spiro atoms. The molecule has 1 amide bonds. The molecule has 7 nitrogen and oxygen atoms in total. The first-order valence-corrected chi connectivity index (χ1v) is 9.46. The second-order valence-corrected chi connectivity index (χ2v) is 7.10. The Morgan fingerprint density at radius 2 is 1.90 bits per heavy atom. The average Bonchev–Trinajstić information content (AvgIpc) is 2.70. The Morgan fingerprint density at radius 1 is 1.17 bits per heavy atom. The summed E-state index contributed by atoms with van der Waals surface area (Å²) in [6.45, 7) is 1.22. The molecule has 156 valence electrons. The maximum Gasteiger partial charge on any atom is 0.276 e. The fraction of sp³-hybridized carbons (Fsp3) is 0.190. The van der Waals surface area contributed by atoms with E-state index in [2.05, 4.69) is 10.4 Å². The van der Waals surface area contributed by atoms with Gasteiger partial charge >= 0.3 is 0 Å². The normalized spacial score (nSPS) is 10.8. The van der Waals surface area contributed by atoms with Crippen molar-refractivity contribution in [2.24, 2.45) is 0 Å².